The van der Waals surface area contributed by atoms with Crippen molar-refractivity contribution >= 4 is 17.5 Å². The number of hydrogen-bond donors (Lipinski definition) is 1. The summed E-state index contributed by atoms with van der Waals surface area (Å²) in [7, 11) is 0. The van der Waals surface area contributed by atoms with E-state index >= 15 is 0 Å². The number of amides is 1. The molecule has 0 aliphatic carbocycles. The van der Waals surface area contributed by atoms with Gasteiger partial charge in [0.1, 0.15) is 0 Å². The Morgan fingerprint density at radius 1 is 1.11 bits per heavy atom. The summed E-state index contributed by atoms with van der Waals surface area (Å²) in [6.45, 7) is 1.92. The van der Waals surface area contributed by atoms with E-state index in [4.69, 9.17) is 11.6 Å². The number of aryl methyl sites for hydroxylation is 1. The van der Waals surface area contributed by atoms with E-state index in [1.807, 2.05) is 61.5 Å². The standard InChI is InChI=1S/C16H16ClNO/c1-12-7-5-6-10-14(12)16(19)18-15(11-17)13-8-3-2-4-9-13/h2-10,15H,11H2,1H3,(H,18,19). The van der Waals surface area contributed by atoms with E-state index < -0.39 is 0 Å². The van der Waals surface area contributed by atoms with E-state index in [2.05, 4.69) is 5.32 Å². The van der Waals surface area contributed by atoms with Crippen LogP contribution in [0.2, 0.25) is 0 Å². The van der Waals surface area contributed by atoms with Gasteiger partial charge in [-0.3, -0.25) is 4.79 Å². The molecule has 19 heavy (non-hydrogen) atoms. The van der Waals surface area contributed by atoms with Gasteiger partial charge in [0.15, 0.2) is 0 Å². The second kappa shape index (κ2) is 6.39. The van der Waals surface area contributed by atoms with Crippen LogP contribution in [0.25, 0.3) is 0 Å². The normalized spacial score (nSPS) is 11.9. The minimum absolute atomic E-state index is 0.0902. The molecule has 0 saturated carbocycles. The lowest BCUT2D eigenvalue weighted by Crippen LogP contribution is -2.30. The Bertz CT molecular complexity index is 554. The summed E-state index contributed by atoms with van der Waals surface area (Å²) in [5.74, 6) is 0.259. The molecule has 0 aromatic heterocycles. The van der Waals surface area contributed by atoms with Gasteiger partial charge in [0.05, 0.1) is 6.04 Å². The minimum Gasteiger partial charge on any atom is -0.344 e. The molecule has 98 valence electrons. The number of rotatable bonds is 4. The Kier molecular flexibility index (Phi) is 4.58. The van der Waals surface area contributed by atoms with Crippen LogP contribution in [0.1, 0.15) is 27.5 Å². The number of benzene rings is 2. The van der Waals surface area contributed by atoms with Gasteiger partial charge in [-0.2, -0.15) is 0 Å². The van der Waals surface area contributed by atoms with Crippen LogP contribution in [-0.4, -0.2) is 11.8 Å². The van der Waals surface area contributed by atoms with Gasteiger partial charge in [-0.1, -0.05) is 48.5 Å². The van der Waals surface area contributed by atoms with Gasteiger partial charge in [0.25, 0.3) is 5.91 Å². The number of carbonyl (C=O) groups is 1. The third-order valence-electron chi connectivity index (χ3n) is 3.05. The number of nitrogens with one attached hydrogen (secondary N) is 1. The van der Waals surface area contributed by atoms with Crippen LogP contribution in [-0.2, 0) is 0 Å². The zero-order chi connectivity index (χ0) is 13.7. The first-order valence-corrected chi connectivity index (χ1v) is 6.73. The summed E-state index contributed by atoms with van der Waals surface area (Å²) < 4.78 is 0. The first kappa shape index (κ1) is 13.6. The average Bonchev–Trinajstić information content (AvgIpc) is 2.46. The molecule has 3 heteroatoms. The Labute approximate surface area is 118 Å². The molecular weight excluding hydrogens is 258 g/mol. The summed E-state index contributed by atoms with van der Waals surface area (Å²) in [5, 5.41) is 2.97. The number of alkyl halides is 1. The number of hydrogen-bond acceptors (Lipinski definition) is 1. The molecule has 1 unspecified atom stereocenters. The molecule has 0 heterocycles. The van der Waals surface area contributed by atoms with E-state index in [0.29, 0.717) is 11.4 Å². The maximum Gasteiger partial charge on any atom is 0.252 e. The summed E-state index contributed by atoms with van der Waals surface area (Å²) >= 11 is 5.96. The molecule has 0 bridgehead atoms. The third-order valence-corrected chi connectivity index (χ3v) is 3.36. The molecule has 0 aliphatic rings. The second-order valence-corrected chi connectivity index (χ2v) is 4.71. The molecule has 2 nitrogen and oxygen atoms in total. The average molecular weight is 274 g/mol. The third kappa shape index (κ3) is 3.36. The lowest BCUT2D eigenvalue weighted by atomic mass is 10.1. The highest BCUT2D eigenvalue weighted by Crippen LogP contribution is 2.16. The highest BCUT2D eigenvalue weighted by molar-refractivity contribution is 6.18. The topological polar surface area (TPSA) is 29.1 Å². The van der Waals surface area contributed by atoms with Crippen molar-refractivity contribution < 1.29 is 4.79 Å². The molecule has 0 saturated heterocycles. The fourth-order valence-electron chi connectivity index (χ4n) is 1.96. The fourth-order valence-corrected chi connectivity index (χ4v) is 2.22. The van der Waals surface area contributed by atoms with Gasteiger partial charge >= 0.3 is 0 Å². The molecule has 2 rings (SSSR count). The SMILES string of the molecule is Cc1ccccc1C(=O)NC(CCl)c1ccccc1. The molecule has 2 aromatic rings. The first-order valence-electron chi connectivity index (χ1n) is 6.20. The second-order valence-electron chi connectivity index (χ2n) is 4.41. The molecule has 1 N–H and O–H groups in total. The minimum atomic E-state index is -0.171. The highest BCUT2D eigenvalue weighted by Gasteiger charge is 2.15. The summed E-state index contributed by atoms with van der Waals surface area (Å²) in [6, 6.07) is 17.1. The lowest BCUT2D eigenvalue weighted by Gasteiger charge is -2.17. The van der Waals surface area contributed by atoms with Crippen molar-refractivity contribution in [1.82, 2.24) is 5.32 Å². The molecule has 2 aromatic carbocycles. The quantitative estimate of drug-likeness (QED) is 0.846. The van der Waals surface area contributed by atoms with E-state index in [-0.39, 0.29) is 11.9 Å². The smallest absolute Gasteiger partial charge is 0.252 e. The van der Waals surface area contributed by atoms with Gasteiger partial charge in [0.2, 0.25) is 0 Å². The maximum atomic E-state index is 12.2. The van der Waals surface area contributed by atoms with Crippen molar-refractivity contribution in [2.75, 3.05) is 5.88 Å². The van der Waals surface area contributed by atoms with Crippen molar-refractivity contribution in [3.63, 3.8) is 0 Å². The van der Waals surface area contributed by atoms with Gasteiger partial charge in [0, 0.05) is 11.4 Å². The van der Waals surface area contributed by atoms with E-state index in [0.717, 1.165) is 11.1 Å². The van der Waals surface area contributed by atoms with Gasteiger partial charge in [-0.05, 0) is 24.1 Å². The molecule has 0 spiro atoms. The zero-order valence-corrected chi connectivity index (χ0v) is 11.5. The number of halogens is 1. The van der Waals surface area contributed by atoms with E-state index in [1.54, 1.807) is 0 Å². The van der Waals surface area contributed by atoms with E-state index in [1.165, 1.54) is 0 Å². The Hall–Kier alpha value is -1.80. The van der Waals surface area contributed by atoms with Crippen LogP contribution in [0.5, 0.6) is 0 Å². The van der Waals surface area contributed by atoms with Crippen LogP contribution < -0.4 is 5.32 Å². The van der Waals surface area contributed by atoms with Gasteiger partial charge < -0.3 is 5.32 Å². The van der Waals surface area contributed by atoms with Crippen molar-refractivity contribution in [3.8, 4) is 0 Å². The van der Waals surface area contributed by atoms with Crippen LogP contribution in [0, 0.1) is 6.92 Å². The van der Waals surface area contributed by atoms with Gasteiger partial charge in [-0.25, -0.2) is 0 Å². The Balaban J connectivity index is 2.16. The largest absolute Gasteiger partial charge is 0.344 e. The summed E-state index contributed by atoms with van der Waals surface area (Å²) in [4.78, 5) is 12.2. The molecule has 1 atom stereocenters. The highest BCUT2D eigenvalue weighted by atomic mass is 35.5. The summed E-state index contributed by atoms with van der Waals surface area (Å²) in [6.07, 6.45) is 0. The molecule has 0 fully saturated rings. The maximum absolute atomic E-state index is 12.2. The van der Waals surface area contributed by atoms with Crippen molar-refractivity contribution in [3.05, 3.63) is 71.3 Å². The lowest BCUT2D eigenvalue weighted by molar-refractivity contribution is 0.0939. The Morgan fingerprint density at radius 2 is 1.74 bits per heavy atom. The monoisotopic (exact) mass is 273 g/mol. The van der Waals surface area contributed by atoms with Crippen LogP contribution in [0.15, 0.2) is 54.6 Å². The van der Waals surface area contributed by atoms with Crippen LogP contribution >= 0.6 is 11.6 Å². The molecular formula is C16H16ClNO. The molecule has 1 amide bonds. The first-order chi connectivity index (χ1) is 9.22. The summed E-state index contributed by atoms with van der Waals surface area (Å²) in [5.41, 5.74) is 2.66. The van der Waals surface area contributed by atoms with Gasteiger partial charge in [-0.15, -0.1) is 11.6 Å². The predicted molar refractivity (Wildman–Crippen MR) is 78.5 cm³/mol. The molecule has 0 radical (unpaired) electrons. The Morgan fingerprint density at radius 3 is 2.37 bits per heavy atom. The van der Waals surface area contributed by atoms with Crippen molar-refractivity contribution in [2.24, 2.45) is 0 Å². The van der Waals surface area contributed by atoms with Crippen molar-refractivity contribution in [2.45, 2.75) is 13.0 Å². The van der Waals surface area contributed by atoms with Crippen LogP contribution in [0.4, 0.5) is 0 Å². The molecule has 0 aliphatic heterocycles. The van der Waals surface area contributed by atoms with Crippen molar-refractivity contribution in [1.29, 1.82) is 0 Å². The predicted octanol–water partition coefficient (Wildman–Crippen LogP) is 3.70. The fraction of sp³-hybridized carbons (Fsp3) is 0.188. The number of carbonyl (C=O) groups excluding carboxylic acids is 1. The van der Waals surface area contributed by atoms with E-state index in [9.17, 15) is 4.79 Å². The zero-order valence-electron chi connectivity index (χ0n) is 10.8. The van der Waals surface area contributed by atoms with Crippen LogP contribution in [0.3, 0.4) is 0 Å².